The Kier molecular flexibility index (Phi) is 3.85. The summed E-state index contributed by atoms with van der Waals surface area (Å²) in [7, 11) is -0.978. The molecule has 0 spiro atoms. The van der Waals surface area contributed by atoms with Crippen LogP contribution < -0.4 is 0 Å². The van der Waals surface area contributed by atoms with Gasteiger partial charge in [0.15, 0.2) is 6.10 Å². The van der Waals surface area contributed by atoms with Crippen molar-refractivity contribution in [2.24, 2.45) is 0 Å². The van der Waals surface area contributed by atoms with E-state index in [1.165, 1.54) is 0 Å². The summed E-state index contributed by atoms with van der Waals surface area (Å²) >= 11 is 0. The summed E-state index contributed by atoms with van der Waals surface area (Å²) in [6, 6.07) is 2.03. The van der Waals surface area contributed by atoms with Gasteiger partial charge in [-0.05, 0) is 13.8 Å². The van der Waals surface area contributed by atoms with Crippen molar-refractivity contribution in [1.82, 2.24) is 4.31 Å². The second-order valence-electron chi connectivity index (χ2n) is 3.20. The minimum Gasteiger partial charge on any atom is -0.361 e. The van der Waals surface area contributed by atoms with E-state index in [0.717, 1.165) is 0 Å². The van der Waals surface area contributed by atoms with E-state index in [9.17, 15) is 4.21 Å². The first-order valence-electron chi connectivity index (χ1n) is 4.32. The summed E-state index contributed by atoms with van der Waals surface area (Å²) in [6.45, 7) is 5.43. The number of rotatable bonds is 2. The van der Waals surface area contributed by atoms with Crippen LogP contribution in [-0.4, -0.2) is 39.6 Å². The molecular formula is C8H14N2O2S. The van der Waals surface area contributed by atoms with Crippen molar-refractivity contribution in [3.63, 3.8) is 0 Å². The predicted molar refractivity (Wildman–Crippen MR) is 50.2 cm³/mol. The molecule has 1 rings (SSSR count). The number of hydrogen-bond acceptors (Lipinski definition) is 3. The van der Waals surface area contributed by atoms with Crippen LogP contribution in [0.4, 0.5) is 0 Å². The molecule has 0 aromatic rings. The third-order valence-corrected chi connectivity index (χ3v) is 3.48. The number of nitriles is 1. The first kappa shape index (κ1) is 10.6. The van der Waals surface area contributed by atoms with Crippen molar-refractivity contribution in [3.8, 4) is 6.07 Å². The lowest BCUT2D eigenvalue weighted by atomic mass is 10.3. The molecule has 0 radical (unpaired) electrons. The topological polar surface area (TPSA) is 53.3 Å². The molecule has 5 heteroatoms. The van der Waals surface area contributed by atoms with Gasteiger partial charge in [-0.2, -0.15) is 5.26 Å². The maximum atomic E-state index is 11.6. The molecule has 1 saturated heterocycles. The van der Waals surface area contributed by atoms with Crippen LogP contribution in [0.15, 0.2) is 0 Å². The molecule has 0 N–H and O–H groups in total. The summed E-state index contributed by atoms with van der Waals surface area (Å²) in [4.78, 5) is 0. The lowest BCUT2D eigenvalue weighted by Gasteiger charge is -2.29. The molecule has 0 saturated carbocycles. The smallest absolute Gasteiger partial charge is 0.157 e. The summed E-state index contributed by atoms with van der Waals surface area (Å²) in [5, 5.41) is 8.74. The molecule has 0 aromatic heterocycles. The largest absolute Gasteiger partial charge is 0.361 e. The van der Waals surface area contributed by atoms with Gasteiger partial charge in [-0.25, -0.2) is 8.51 Å². The molecule has 1 heterocycles. The van der Waals surface area contributed by atoms with Crippen molar-refractivity contribution in [1.29, 1.82) is 5.26 Å². The lowest BCUT2D eigenvalue weighted by molar-refractivity contribution is 0.0327. The Hall–Kier alpha value is -0.440. The SMILES string of the molecule is CC(C)S(=O)N1CCOC(C#N)C1. The monoisotopic (exact) mass is 202 g/mol. The molecule has 0 aliphatic carbocycles. The van der Waals surface area contributed by atoms with E-state index in [1.54, 1.807) is 0 Å². The number of hydrogen-bond donors (Lipinski definition) is 0. The maximum Gasteiger partial charge on any atom is 0.157 e. The zero-order chi connectivity index (χ0) is 9.84. The van der Waals surface area contributed by atoms with Gasteiger partial charge >= 0.3 is 0 Å². The lowest BCUT2D eigenvalue weighted by Crippen LogP contribution is -2.44. The summed E-state index contributed by atoms with van der Waals surface area (Å²) in [5.41, 5.74) is 0. The maximum absolute atomic E-state index is 11.6. The third kappa shape index (κ3) is 2.76. The van der Waals surface area contributed by atoms with Crippen LogP contribution in [-0.2, 0) is 15.7 Å². The highest BCUT2D eigenvalue weighted by atomic mass is 32.2. The highest BCUT2D eigenvalue weighted by molar-refractivity contribution is 7.83. The van der Waals surface area contributed by atoms with Crippen molar-refractivity contribution >= 4 is 11.0 Å². The van der Waals surface area contributed by atoms with Crippen molar-refractivity contribution in [2.45, 2.75) is 25.2 Å². The average Bonchev–Trinajstić information content (AvgIpc) is 2.16. The van der Waals surface area contributed by atoms with E-state index in [4.69, 9.17) is 10.00 Å². The van der Waals surface area contributed by atoms with Crippen LogP contribution in [0.5, 0.6) is 0 Å². The standard InChI is InChI=1S/C8H14N2O2S/c1-7(2)13(11)10-3-4-12-8(5-9)6-10/h7-8H,3-4,6H2,1-2H3. The van der Waals surface area contributed by atoms with Crippen LogP contribution >= 0.6 is 0 Å². The van der Waals surface area contributed by atoms with Gasteiger partial charge < -0.3 is 4.74 Å². The summed E-state index contributed by atoms with van der Waals surface area (Å²) in [5.74, 6) is 0. The van der Waals surface area contributed by atoms with E-state index in [-0.39, 0.29) is 5.25 Å². The molecule has 0 aromatic carbocycles. The van der Waals surface area contributed by atoms with Crippen LogP contribution in [0.2, 0.25) is 0 Å². The Labute approximate surface area is 81.1 Å². The Balaban J connectivity index is 2.52. The van der Waals surface area contributed by atoms with Crippen LogP contribution in [0.3, 0.4) is 0 Å². The summed E-state index contributed by atoms with van der Waals surface area (Å²) in [6.07, 6.45) is -0.420. The minimum atomic E-state index is -0.978. The highest BCUT2D eigenvalue weighted by Gasteiger charge is 2.25. The van der Waals surface area contributed by atoms with Gasteiger partial charge in [-0.15, -0.1) is 0 Å². The second kappa shape index (κ2) is 4.70. The van der Waals surface area contributed by atoms with Gasteiger partial charge in [-0.1, -0.05) is 0 Å². The zero-order valence-corrected chi connectivity index (χ0v) is 8.71. The average molecular weight is 202 g/mol. The Morgan fingerprint density at radius 2 is 2.38 bits per heavy atom. The van der Waals surface area contributed by atoms with E-state index < -0.39 is 17.1 Å². The molecule has 1 aliphatic heterocycles. The Morgan fingerprint density at radius 1 is 1.69 bits per heavy atom. The van der Waals surface area contributed by atoms with E-state index >= 15 is 0 Å². The Bertz CT molecular complexity index is 237. The van der Waals surface area contributed by atoms with Gasteiger partial charge in [-0.3, -0.25) is 0 Å². The number of nitrogens with zero attached hydrogens (tertiary/aromatic N) is 2. The van der Waals surface area contributed by atoms with Gasteiger partial charge in [0.1, 0.15) is 0 Å². The van der Waals surface area contributed by atoms with Crippen molar-refractivity contribution < 1.29 is 8.95 Å². The molecule has 1 fully saturated rings. The van der Waals surface area contributed by atoms with E-state index in [1.807, 2.05) is 24.2 Å². The Morgan fingerprint density at radius 3 is 2.92 bits per heavy atom. The quantitative estimate of drug-likeness (QED) is 0.646. The first-order chi connectivity index (χ1) is 6.15. The molecule has 74 valence electrons. The molecule has 1 aliphatic rings. The number of morpholine rings is 1. The molecule has 4 nitrogen and oxygen atoms in total. The van der Waals surface area contributed by atoms with Gasteiger partial charge in [0.2, 0.25) is 0 Å². The highest BCUT2D eigenvalue weighted by Crippen LogP contribution is 2.09. The zero-order valence-electron chi connectivity index (χ0n) is 7.90. The van der Waals surface area contributed by atoms with Crippen molar-refractivity contribution in [2.75, 3.05) is 19.7 Å². The molecule has 13 heavy (non-hydrogen) atoms. The van der Waals surface area contributed by atoms with E-state index in [2.05, 4.69) is 0 Å². The van der Waals surface area contributed by atoms with Crippen LogP contribution in [0, 0.1) is 11.3 Å². The number of ether oxygens (including phenoxy) is 1. The van der Waals surface area contributed by atoms with Gasteiger partial charge in [0, 0.05) is 11.8 Å². The van der Waals surface area contributed by atoms with Gasteiger partial charge in [0.05, 0.1) is 30.2 Å². The molecule has 0 amide bonds. The molecule has 0 bridgehead atoms. The van der Waals surface area contributed by atoms with Crippen LogP contribution in [0.1, 0.15) is 13.8 Å². The first-order valence-corrected chi connectivity index (χ1v) is 5.49. The second-order valence-corrected chi connectivity index (χ2v) is 5.21. The normalized spacial score (nSPS) is 27.1. The molecule has 2 unspecified atom stereocenters. The summed E-state index contributed by atoms with van der Waals surface area (Å²) < 4.78 is 18.6. The third-order valence-electron chi connectivity index (χ3n) is 1.83. The predicted octanol–water partition coefficient (Wildman–Crippen LogP) is 0.283. The fraction of sp³-hybridized carbons (Fsp3) is 0.875. The minimum absolute atomic E-state index is 0.109. The van der Waals surface area contributed by atoms with Crippen LogP contribution in [0.25, 0.3) is 0 Å². The fourth-order valence-electron chi connectivity index (χ4n) is 1.17. The molecular weight excluding hydrogens is 188 g/mol. The van der Waals surface area contributed by atoms with Gasteiger partial charge in [0.25, 0.3) is 0 Å². The van der Waals surface area contributed by atoms with Crippen molar-refractivity contribution in [3.05, 3.63) is 0 Å². The fourth-order valence-corrected chi connectivity index (χ4v) is 2.30. The molecule has 2 atom stereocenters. The van der Waals surface area contributed by atoms with E-state index in [0.29, 0.717) is 19.7 Å².